The van der Waals surface area contributed by atoms with Gasteiger partial charge in [0, 0.05) is 21.7 Å². The van der Waals surface area contributed by atoms with E-state index in [1.807, 2.05) is 12.5 Å². The van der Waals surface area contributed by atoms with Crippen LogP contribution in [0.3, 0.4) is 0 Å². The molecule has 0 aliphatic heterocycles. The third-order valence-electron chi connectivity index (χ3n) is 3.66. The normalized spacial score (nSPS) is 13.5. The number of fused-ring (bicyclic) bond motifs is 1. The molecule has 138 valence electrons. The van der Waals surface area contributed by atoms with Gasteiger partial charge in [0.1, 0.15) is 24.9 Å². The first kappa shape index (κ1) is 19.7. The summed E-state index contributed by atoms with van der Waals surface area (Å²) in [4.78, 5) is 0.907. The molecule has 0 amide bonds. The molecule has 1 N–H and O–H groups in total. The van der Waals surface area contributed by atoms with Crippen molar-refractivity contribution < 1.29 is 36.2 Å². The Morgan fingerprint density at radius 3 is 1.88 bits per heavy atom. The summed E-state index contributed by atoms with van der Waals surface area (Å²) in [6.45, 7) is -1.98. The molecule has 2 aromatic carbocycles. The zero-order chi connectivity index (χ0) is 19.0. The maximum atomic E-state index is 12.7. The van der Waals surface area contributed by atoms with E-state index in [0.717, 1.165) is 4.90 Å². The Bertz CT molecular complexity index is 740. The van der Waals surface area contributed by atoms with Crippen molar-refractivity contribution in [2.24, 2.45) is 0 Å². The van der Waals surface area contributed by atoms with Crippen molar-refractivity contribution in [1.82, 2.24) is 0 Å². The van der Waals surface area contributed by atoms with E-state index in [2.05, 4.69) is 0 Å². The molecule has 2 rings (SSSR count). The fourth-order valence-electron chi connectivity index (χ4n) is 2.23. The van der Waals surface area contributed by atoms with Gasteiger partial charge in [0.2, 0.25) is 0 Å². The van der Waals surface area contributed by atoms with Gasteiger partial charge in [0.05, 0.1) is 0 Å². The van der Waals surface area contributed by atoms with Crippen LogP contribution in [0.15, 0.2) is 41.3 Å². The van der Waals surface area contributed by atoms with Crippen molar-refractivity contribution in [2.75, 3.05) is 19.1 Å². The van der Waals surface area contributed by atoms with E-state index < -0.39 is 24.6 Å². The molecule has 2 nitrogen and oxygen atoms in total. The molecule has 0 radical (unpaired) electrons. The van der Waals surface area contributed by atoms with Gasteiger partial charge in [-0.05, 0) is 18.2 Å². The topological polar surface area (TPSA) is 29.5 Å². The monoisotopic (exact) mass is 385 g/mol. The molecule has 0 aliphatic rings. The van der Waals surface area contributed by atoms with Gasteiger partial charge in [0.15, 0.2) is 4.90 Å². The first-order chi connectivity index (χ1) is 11.4. The van der Waals surface area contributed by atoms with E-state index in [4.69, 9.17) is 4.74 Å². The number of aliphatic hydroxyl groups is 1. The van der Waals surface area contributed by atoms with Crippen LogP contribution in [0.2, 0.25) is 0 Å². The number of hydrogen-bond donors (Lipinski definition) is 1. The molecule has 0 atom stereocenters. The lowest BCUT2D eigenvalue weighted by molar-refractivity contribution is -0.373. The highest BCUT2D eigenvalue weighted by Gasteiger charge is 2.71. The molecule has 0 unspecified atom stereocenters. The molecule has 0 aromatic heterocycles. The molecular weight excluding hydrogens is 370 g/mol. The van der Waals surface area contributed by atoms with E-state index >= 15 is 0 Å². The Balaban J connectivity index is 2.43. The van der Waals surface area contributed by atoms with Gasteiger partial charge in [-0.2, -0.15) is 26.3 Å². The van der Waals surface area contributed by atoms with Crippen LogP contribution in [-0.4, -0.2) is 42.2 Å². The summed E-state index contributed by atoms with van der Waals surface area (Å²) in [6, 6.07) is 9.48. The second-order valence-electron chi connectivity index (χ2n) is 5.57. The van der Waals surface area contributed by atoms with Crippen LogP contribution < -0.4 is 4.74 Å². The van der Waals surface area contributed by atoms with Gasteiger partial charge >= 0.3 is 12.4 Å². The summed E-state index contributed by atoms with van der Waals surface area (Å²) in [5.74, 6) is -0.156. The summed E-state index contributed by atoms with van der Waals surface area (Å²) in [6.07, 6.45) is -7.96. The van der Waals surface area contributed by atoms with Crippen LogP contribution in [0.4, 0.5) is 26.3 Å². The fraction of sp³-hybridized carbons (Fsp3) is 0.375. The average molecular weight is 385 g/mol. The SMILES string of the molecule is C[S+](C)c1ccc(OCC(O)(C(F)(F)F)C(F)(F)F)c2ccccc12. The maximum Gasteiger partial charge on any atom is 0.429 e. The summed E-state index contributed by atoms with van der Waals surface area (Å²) in [5, 5.41) is 10.2. The maximum absolute atomic E-state index is 12.7. The van der Waals surface area contributed by atoms with E-state index in [1.54, 1.807) is 30.3 Å². The molecule has 0 saturated heterocycles. The highest BCUT2D eigenvalue weighted by Crippen LogP contribution is 2.43. The van der Waals surface area contributed by atoms with Gasteiger partial charge in [-0.3, -0.25) is 0 Å². The zero-order valence-electron chi connectivity index (χ0n) is 13.2. The van der Waals surface area contributed by atoms with Crippen molar-refractivity contribution in [2.45, 2.75) is 22.8 Å². The largest absolute Gasteiger partial charge is 0.489 e. The van der Waals surface area contributed by atoms with E-state index in [9.17, 15) is 31.4 Å². The smallest absolute Gasteiger partial charge is 0.429 e. The van der Waals surface area contributed by atoms with Crippen LogP contribution >= 0.6 is 0 Å². The molecule has 0 fully saturated rings. The van der Waals surface area contributed by atoms with Crippen molar-refractivity contribution in [3.8, 4) is 5.75 Å². The lowest BCUT2D eigenvalue weighted by Crippen LogP contribution is -2.60. The van der Waals surface area contributed by atoms with E-state index in [-0.39, 0.29) is 16.6 Å². The minimum Gasteiger partial charge on any atom is -0.489 e. The minimum atomic E-state index is -5.92. The molecular formula is C16H15F6O2S+. The summed E-state index contributed by atoms with van der Waals surface area (Å²) >= 11 is 0. The molecule has 25 heavy (non-hydrogen) atoms. The van der Waals surface area contributed by atoms with Gasteiger partial charge < -0.3 is 9.84 Å². The number of alkyl halides is 6. The van der Waals surface area contributed by atoms with E-state index in [0.29, 0.717) is 10.8 Å². The van der Waals surface area contributed by atoms with Crippen molar-refractivity contribution in [3.63, 3.8) is 0 Å². The Kier molecular flexibility index (Phi) is 5.21. The Morgan fingerprint density at radius 2 is 1.40 bits per heavy atom. The number of benzene rings is 2. The van der Waals surface area contributed by atoms with Crippen LogP contribution in [0.1, 0.15) is 0 Å². The van der Waals surface area contributed by atoms with Crippen molar-refractivity contribution in [1.29, 1.82) is 0 Å². The molecule has 0 heterocycles. The minimum absolute atomic E-state index is 0.156. The molecule has 9 heteroatoms. The second-order valence-corrected chi connectivity index (χ2v) is 7.64. The lowest BCUT2D eigenvalue weighted by Gasteiger charge is -2.32. The van der Waals surface area contributed by atoms with Gasteiger partial charge in [-0.15, -0.1) is 0 Å². The molecule has 2 aromatic rings. The Hall–Kier alpha value is -1.61. The number of halogens is 6. The van der Waals surface area contributed by atoms with Crippen molar-refractivity contribution in [3.05, 3.63) is 36.4 Å². The lowest BCUT2D eigenvalue weighted by atomic mass is 10.0. The number of hydrogen-bond acceptors (Lipinski definition) is 2. The predicted molar refractivity (Wildman–Crippen MR) is 84.0 cm³/mol. The Labute approximate surface area is 142 Å². The molecule has 0 aliphatic carbocycles. The Morgan fingerprint density at radius 1 is 0.880 bits per heavy atom. The third kappa shape index (κ3) is 3.67. The highest BCUT2D eigenvalue weighted by atomic mass is 32.2. The van der Waals surface area contributed by atoms with Crippen molar-refractivity contribution >= 4 is 21.7 Å². The standard InChI is InChI=1S/C16H15F6O2S/c1-25(2)13-8-7-12(10-5-3-4-6-11(10)13)24-9-14(23,15(17,18)19)16(20,21)22/h3-8,23H,9H2,1-2H3/q+1. The van der Waals surface area contributed by atoms with Gasteiger partial charge in [-0.1, -0.05) is 18.2 Å². The van der Waals surface area contributed by atoms with Crippen LogP contribution in [0.5, 0.6) is 5.75 Å². The second kappa shape index (κ2) is 6.60. The summed E-state index contributed by atoms with van der Waals surface area (Å²) in [5.41, 5.74) is -4.94. The quantitative estimate of drug-likeness (QED) is 0.628. The molecule has 0 spiro atoms. The third-order valence-corrected chi connectivity index (χ3v) is 4.89. The van der Waals surface area contributed by atoms with E-state index in [1.165, 1.54) is 6.07 Å². The van der Waals surface area contributed by atoms with Gasteiger partial charge in [0.25, 0.3) is 5.60 Å². The fourth-order valence-corrected chi connectivity index (χ4v) is 3.19. The number of ether oxygens (including phenoxy) is 1. The van der Waals surface area contributed by atoms with Gasteiger partial charge in [-0.25, -0.2) is 0 Å². The average Bonchev–Trinajstić information content (AvgIpc) is 2.49. The van der Waals surface area contributed by atoms with Crippen LogP contribution in [-0.2, 0) is 10.9 Å². The molecule has 0 bridgehead atoms. The van der Waals surface area contributed by atoms with Crippen LogP contribution in [0, 0.1) is 0 Å². The zero-order valence-corrected chi connectivity index (χ0v) is 14.0. The van der Waals surface area contributed by atoms with Crippen LogP contribution in [0.25, 0.3) is 10.8 Å². The predicted octanol–water partition coefficient (Wildman–Crippen LogP) is 4.31. The summed E-state index contributed by atoms with van der Waals surface area (Å²) in [7, 11) is -0.176. The first-order valence-corrected chi connectivity index (χ1v) is 9.00. The first-order valence-electron chi connectivity index (χ1n) is 6.96. The number of rotatable bonds is 4. The highest BCUT2D eigenvalue weighted by molar-refractivity contribution is 7.95. The molecule has 0 saturated carbocycles. The summed E-state index contributed by atoms with van der Waals surface area (Å²) < 4.78 is 81.2.